The summed E-state index contributed by atoms with van der Waals surface area (Å²) in [6, 6.07) is 4.08. The lowest BCUT2D eigenvalue weighted by Gasteiger charge is -2.21. The zero-order valence-corrected chi connectivity index (χ0v) is 18.1. The Morgan fingerprint density at radius 3 is 2.82 bits per heavy atom. The van der Waals surface area contributed by atoms with Gasteiger partial charge in [-0.3, -0.25) is 4.79 Å². The highest BCUT2D eigenvalue weighted by atomic mass is 32.2. The number of aromatic nitrogens is 1. The van der Waals surface area contributed by atoms with Crippen molar-refractivity contribution < 1.29 is 32.2 Å². The van der Waals surface area contributed by atoms with Gasteiger partial charge < -0.3 is 24.5 Å². The number of hydrogen-bond acceptors (Lipinski definition) is 7. The van der Waals surface area contributed by atoms with Crippen LogP contribution in [0.5, 0.6) is 5.75 Å². The molecule has 4 rings (SSSR count). The molecule has 2 atom stereocenters. The van der Waals surface area contributed by atoms with Crippen molar-refractivity contribution in [3.63, 3.8) is 0 Å². The molecular formula is C21H19FN4O6S. The van der Waals surface area contributed by atoms with Crippen LogP contribution in [-0.2, 0) is 21.8 Å². The molecule has 0 aliphatic carbocycles. The number of aliphatic hydroxyl groups excluding tert-OH is 1. The van der Waals surface area contributed by atoms with E-state index in [0.29, 0.717) is 13.2 Å². The van der Waals surface area contributed by atoms with Gasteiger partial charge in [-0.2, -0.15) is 5.26 Å². The lowest BCUT2D eigenvalue weighted by molar-refractivity contribution is -0.00323. The van der Waals surface area contributed by atoms with Crippen LogP contribution in [0.2, 0.25) is 0 Å². The fourth-order valence-corrected chi connectivity index (χ4v) is 4.72. The first-order chi connectivity index (χ1) is 15.7. The van der Waals surface area contributed by atoms with E-state index in [1.807, 2.05) is 0 Å². The number of amides is 1. The van der Waals surface area contributed by atoms with Crippen molar-refractivity contribution in [1.29, 1.82) is 5.26 Å². The van der Waals surface area contributed by atoms with E-state index >= 15 is 0 Å². The maximum absolute atomic E-state index is 13.6. The number of aliphatic hydroxyl groups is 1. The summed E-state index contributed by atoms with van der Waals surface area (Å²) >= 11 is 0. The Morgan fingerprint density at radius 1 is 1.39 bits per heavy atom. The monoisotopic (exact) mass is 474 g/mol. The Bertz CT molecular complexity index is 1320. The highest BCUT2D eigenvalue weighted by Crippen LogP contribution is 2.33. The molecule has 12 heteroatoms. The van der Waals surface area contributed by atoms with Crippen LogP contribution in [0.1, 0.15) is 16.1 Å². The highest BCUT2D eigenvalue weighted by molar-refractivity contribution is 7.89. The molecule has 33 heavy (non-hydrogen) atoms. The average Bonchev–Trinajstić information content (AvgIpc) is 3.01. The number of nitriles is 1. The van der Waals surface area contributed by atoms with Gasteiger partial charge in [-0.05, 0) is 18.2 Å². The number of sulfonamides is 1. The average molecular weight is 474 g/mol. The fourth-order valence-electron chi connectivity index (χ4n) is 3.30. The van der Waals surface area contributed by atoms with Gasteiger partial charge in [0.1, 0.15) is 29.5 Å². The van der Waals surface area contributed by atoms with Crippen molar-refractivity contribution in [3.05, 3.63) is 41.5 Å². The number of aryl methyl sites for hydroxylation is 1. The zero-order chi connectivity index (χ0) is 23.8. The lowest BCUT2D eigenvalue weighted by atomic mass is 10.1. The number of halogens is 1. The number of ether oxygens (including phenoxy) is 2. The Balaban J connectivity index is 1.59. The van der Waals surface area contributed by atoms with Crippen LogP contribution in [0, 0.1) is 34.9 Å². The molecule has 1 aromatic heterocycles. The predicted octanol–water partition coefficient (Wildman–Crippen LogP) is 0.338. The minimum atomic E-state index is -4.15. The van der Waals surface area contributed by atoms with Crippen LogP contribution in [0.15, 0.2) is 29.3 Å². The van der Waals surface area contributed by atoms with Gasteiger partial charge in [0.15, 0.2) is 11.4 Å². The Morgan fingerprint density at radius 2 is 2.15 bits per heavy atom. The topological polar surface area (TPSA) is 143 Å². The van der Waals surface area contributed by atoms with Gasteiger partial charge in [0.05, 0.1) is 30.7 Å². The number of carbonyl (C=O) groups excluding carboxylic acids is 1. The number of carbonyl (C=O) groups is 1. The second-order valence-corrected chi connectivity index (χ2v) is 9.23. The van der Waals surface area contributed by atoms with E-state index in [2.05, 4.69) is 21.9 Å². The van der Waals surface area contributed by atoms with Crippen molar-refractivity contribution in [2.24, 2.45) is 13.0 Å². The third kappa shape index (κ3) is 4.55. The van der Waals surface area contributed by atoms with Crippen LogP contribution in [0.3, 0.4) is 0 Å². The maximum atomic E-state index is 13.6. The highest BCUT2D eigenvalue weighted by Gasteiger charge is 2.36. The summed E-state index contributed by atoms with van der Waals surface area (Å²) in [4.78, 5) is 12.6. The molecule has 3 heterocycles. The summed E-state index contributed by atoms with van der Waals surface area (Å²) in [5.74, 6) is 3.77. The van der Waals surface area contributed by atoms with Crippen molar-refractivity contribution in [1.82, 2.24) is 9.29 Å². The summed E-state index contributed by atoms with van der Waals surface area (Å²) in [6.07, 6.45) is -0.122. The lowest BCUT2D eigenvalue weighted by Crippen LogP contribution is -2.45. The summed E-state index contributed by atoms with van der Waals surface area (Å²) in [5, 5.41) is 21.8. The van der Waals surface area contributed by atoms with Gasteiger partial charge in [-0.25, -0.2) is 17.5 Å². The molecule has 0 unspecified atom stereocenters. The zero-order valence-electron chi connectivity index (χ0n) is 17.3. The minimum absolute atomic E-state index is 0.00953. The summed E-state index contributed by atoms with van der Waals surface area (Å²) in [5.41, 5.74) is -0.218. The minimum Gasteiger partial charge on any atom is -0.488 e. The molecule has 0 bridgehead atoms. The largest absolute Gasteiger partial charge is 0.488 e. The van der Waals surface area contributed by atoms with E-state index in [4.69, 9.17) is 14.7 Å². The van der Waals surface area contributed by atoms with E-state index in [0.717, 1.165) is 12.1 Å². The first-order valence-corrected chi connectivity index (χ1v) is 11.3. The van der Waals surface area contributed by atoms with E-state index in [-0.39, 0.29) is 40.1 Å². The van der Waals surface area contributed by atoms with Crippen molar-refractivity contribution in [2.75, 3.05) is 25.1 Å². The number of nitrogens with one attached hydrogen (secondary N) is 2. The molecule has 1 amide bonds. The number of benzene rings is 1. The molecule has 0 saturated carbocycles. The van der Waals surface area contributed by atoms with Gasteiger partial charge in [0.25, 0.3) is 5.91 Å². The van der Waals surface area contributed by atoms with Gasteiger partial charge in [0.2, 0.25) is 10.0 Å². The third-order valence-corrected chi connectivity index (χ3v) is 6.60. The fraction of sp³-hybridized carbons (Fsp3) is 0.333. The molecule has 1 saturated heterocycles. The molecule has 1 aromatic carbocycles. The molecule has 172 valence electrons. The molecule has 0 radical (unpaired) electrons. The van der Waals surface area contributed by atoms with Crippen molar-refractivity contribution >= 4 is 21.6 Å². The molecule has 2 aliphatic rings. The first kappa shape index (κ1) is 22.8. The normalized spacial score (nSPS) is 20.0. The molecule has 3 N–H and O–H groups in total. The van der Waals surface area contributed by atoms with Crippen LogP contribution in [0.4, 0.5) is 10.1 Å². The predicted molar refractivity (Wildman–Crippen MR) is 112 cm³/mol. The Kier molecular flexibility index (Phi) is 6.10. The van der Waals surface area contributed by atoms with E-state index < -0.39 is 33.9 Å². The molecule has 1 fully saturated rings. The van der Waals surface area contributed by atoms with E-state index in [1.54, 1.807) is 6.07 Å². The standard InChI is InChI=1S/C21H19FN4O6S/c1-26-8-18-20(19(26)21(28)24-14-3-4-15(22)13(6-14)7-23)32-11-16(25-33(18,29)30)17(27)5-2-12-9-31-10-12/h3-4,6,8,12,16-17,25,27H,9-11H2,1H3,(H,24,28)/t16-,17-/m0/s1. The van der Waals surface area contributed by atoms with Gasteiger partial charge in [-0.1, -0.05) is 11.8 Å². The molecule has 2 aliphatic heterocycles. The molecular weight excluding hydrogens is 455 g/mol. The Hall–Kier alpha value is -3.42. The van der Waals surface area contributed by atoms with E-state index in [9.17, 15) is 22.7 Å². The van der Waals surface area contributed by atoms with Gasteiger partial charge >= 0.3 is 0 Å². The molecule has 10 nitrogen and oxygen atoms in total. The Labute approximate surface area is 189 Å². The maximum Gasteiger partial charge on any atom is 0.276 e. The number of rotatable bonds is 3. The first-order valence-electron chi connectivity index (χ1n) is 9.82. The van der Waals surface area contributed by atoms with Crippen molar-refractivity contribution in [3.8, 4) is 23.7 Å². The number of anilines is 1. The summed E-state index contributed by atoms with van der Waals surface area (Å²) in [6.45, 7) is 0.644. The second-order valence-electron chi connectivity index (χ2n) is 7.55. The quantitative estimate of drug-likeness (QED) is 0.545. The number of hydrogen-bond donors (Lipinski definition) is 3. The summed E-state index contributed by atoms with van der Waals surface area (Å²) < 4.78 is 53.6. The van der Waals surface area contributed by atoms with Crippen molar-refractivity contribution in [2.45, 2.75) is 17.0 Å². The van der Waals surface area contributed by atoms with Gasteiger partial charge in [0, 0.05) is 18.9 Å². The number of fused-ring (bicyclic) bond motifs is 1. The van der Waals surface area contributed by atoms with Crippen LogP contribution < -0.4 is 14.8 Å². The van der Waals surface area contributed by atoms with Crippen LogP contribution in [0.25, 0.3) is 0 Å². The SMILES string of the molecule is Cn1cc2c(c1C(=O)Nc1ccc(F)c(C#N)c1)OC[C@@H]([C@@H](O)C#CC1COC1)NS2(=O)=O. The second kappa shape index (κ2) is 8.84. The third-order valence-electron chi connectivity index (χ3n) is 5.12. The molecule has 0 spiro atoms. The number of nitrogens with zero attached hydrogens (tertiary/aromatic N) is 2. The van der Waals surface area contributed by atoms with Gasteiger partial charge in [-0.15, -0.1) is 0 Å². The van der Waals surface area contributed by atoms with Crippen LogP contribution >= 0.6 is 0 Å². The van der Waals surface area contributed by atoms with Crippen LogP contribution in [-0.4, -0.2) is 56.0 Å². The summed E-state index contributed by atoms with van der Waals surface area (Å²) in [7, 11) is -2.68. The van der Waals surface area contributed by atoms with E-state index in [1.165, 1.54) is 23.9 Å². The molecule has 2 aromatic rings. The smallest absolute Gasteiger partial charge is 0.276 e.